The van der Waals surface area contributed by atoms with E-state index in [4.69, 9.17) is 11.6 Å². The highest BCUT2D eigenvalue weighted by Gasteiger charge is 2.32. The quantitative estimate of drug-likeness (QED) is 0.560. The van der Waals surface area contributed by atoms with E-state index in [1.165, 1.54) is 35.0 Å². The number of pyridine rings is 1. The van der Waals surface area contributed by atoms with E-state index in [9.17, 15) is 13.2 Å². The molecule has 0 aliphatic rings. The predicted molar refractivity (Wildman–Crippen MR) is 117 cm³/mol. The number of amides is 1. The Morgan fingerprint density at radius 3 is 2.33 bits per heavy atom. The molecule has 30 heavy (non-hydrogen) atoms. The van der Waals surface area contributed by atoms with Gasteiger partial charge in [-0.3, -0.25) is 13.8 Å². The molecule has 2 aromatic heterocycles. The molecule has 0 radical (unpaired) electrons. The smallest absolute Gasteiger partial charge is 0.278 e. The monoisotopic (exact) mass is 447 g/mol. The van der Waals surface area contributed by atoms with Gasteiger partial charge in [0.25, 0.3) is 15.9 Å². The van der Waals surface area contributed by atoms with Gasteiger partial charge in [-0.25, -0.2) is 13.4 Å². The van der Waals surface area contributed by atoms with Crippen molar-refractivity contribution in [2.45, 2.75) is 18.7 Å². The zero-order chi connectivity index (χ0) is 22.2. The Bertz CT molecular complexity index is 1210. The maximum absolute atomic E-state index is 13.3. The van der Waals surface area contributed by atoms with Gasteiger partial charge in [-0.1, -0.05) is 29.3 Å². The average molecular weight is 448 g/mol. The topological polar surface area (TPSA) is 88.4 Å². The Balaban J connectivity index is 2.08. The predicted octanol–water partition coefficient (Wildman–Crippen LogP) is 3.19. The third-order valence-electron chi connectivity index (χ3n) is 4.79. The van der Waals surface area contributed by atoms with Crippen LogP contribution in [-0.4, -0.2) is 43.2 Å². The molecule has 3 aromatic rings. The second kappa shape index (κ2) is 8.08. The van der Waals surface area contributed by atoms with E-state index in [-0.39, 0.29) is 21.4 Å². The van der Waals surface area contributed by atoms with E-state index in [1.54, 1.807) is 45.3 Å². The molecule has 0 unspecified atom stereocenters. The lowest BCUT2D eigenvalue weighted by molar-refractivity contribution is 0.0984. The highest BCUT2D eigenvalue weighted by atomic mass is 35.5. The minimum Gasteiger partial charge on any atom is -0.307 e. The van der Waals surface area contributed by atoms with Gasteiger partial charge in [0.05, 0.1) is 16.3 Å². The van der Waals surface area contributed by atoms with Crippen LogP contribution in [0.4, 0.5) is 11.4 Å². The number of halogens is 1. The van der Waals surface area contributed by atoms with Crippen LogP contribution in [0.1, 0.15) is 21.7 Å². The van der Waals surface area contributed by atoms with E-state index in [0.717, 1.165) is 9.87 Å². The molecule has 10 heteroatoms. The first-order valence-electron chi connectivity index (χ1n) is 9.03. The minimum atomic E-state index is -3.90. The molecule has 0 bridgehead atoms. The van der Waals surface area contributed by atoms with Gasteiger partial charge >= 0.3 is 0 Å². The number of benzene rings is 1. The molecule has 0 saturated carbocycles. The highest BCUT2D eigenvalue weighted by Crippen LogP contribution is 2.31. The third-order valence-corrected chi connectivity index (χ3v) is 6.86. The summed E-state index contributed by atoms with van der Waals surface area (Å²) in [5.41, 5.74) is 2.07. The molecule has 1 amide bonds. The molecular formula is C20H22ClN5O3S. The molecule has 158 valence electrons. The summed E-state index contributed by atoms with van der Waals surface area (Å²) in [5, 5.41) is 4.45. The van der Waals surface area contributed by atoms with Crippen LogP contribution in [0.2, 0.25) is 5.15 Å². The summed E-state index contributed by atoms with van der Waals surface area (Å²) < 4.78 is 28.9. The van der Waals surface area contributed by atoms with Gasteiger partial charge in [-0.15, -0.1) is 0 Å². The number of carbonyl (C=O) groups is 1. The van der Waals surface area contributed by atoms with Crippen molar-refractivity contribution in [1.29, 1.82) is 0 Å². The first kappa shape index (κ1) is 21.8. The lowest BCUT2D eigenvalue weighted by Gasteiger charge is -2.23. The molecule has 0 saturated heterocycles. The molecule has 1 aromatic carbocycles. The van der Waals surface area contributed by atoms with Crippen molar-refractivity contribution in [3.8, 4) is 0 Å². The maximum Gasteiger partial charge on any atom is 0.278 e. The van der Waals surface area contributed by atoms with Gasteiger partial charge in [0.15, 0.2) is 10.8 Å². The molecule has 0 aliphatic carbocycles. The first-order chi connectivity index (χ1) is 14.1. The lowest BCUT2D eigenvalue weighted by Crippen LogP contribution is -2.33. The normalized spacial score (nSPS) is 11.4. The van der Waals surface area contributed by atoms with E-state index in [0.29, 0.717) is 11.4 Å². The van der Waals surface area contributed by atoms with Gasteiger partial charge in [0.1, 0.15) is 5.69 Å². The second-order valence-corrected chi connectivity index (χ2v) is 9.20. The molecule has 0 spiro atoms. The van der Waals surface area contributed by atoms with Crippen molar-refractivity contribution >= 4 is 38.9 Å². The Labute approximate surface area is 180 Å². The van der Waals surface area contributed by atoms with Crippen LogP contribution in [0.5, 0.6) is 0 Å². The SMILES string of the molecule is Cc1ccc(S(=O)(=O)N(C)c2c(C)nn(C)c2C(=O)N(C)c2cccnc2Cl)cc1. The Kier molecular flexibility index (Phi) is 5.87. The van der Waals surface area contributed by atoms with Crippen LogP contribution in [0, 0.1) is 13.8 Å². The fourth-order valence-electron chi connectivity index (χ4n) is 3.15. The molecule has 0 atom stereocenters. The minimum absolute atomic E-state index is 0.119. The fourth-order valence-corrected chi connectivity index (χ4v) is 4.65. The van der Waals surface area contributed by atoms with Gasteiger partial charge in [-0.05, 0) is 38.1 Å². The molecule has 0 aliphatic heterocycles. The summed E-state index contributed by atoms with van der Waals surface area (Å²) in [7, 11) is 0.648. The largest absolute Gasteiger partial charge is 0.307 e. The van der Waals surface area contributed by atoms with Gasteiger partial charge in [-0.2, -0.15) is 5.10 Å². The number of aromatic nitrogens is 3. The number of carbonyl (C=O) groups excluding carboxylic acids is 1. The Morgan fingerprint density at radius 2 is 1.73 bits per heavy atom. The molecular weight excluding hydrogens is 426 g/mol. The zero-order valence-electron chi connectivity index (χ0n) is 17.3. The van der Waals surface area contributed by atoms with Crippen LogP contribution < -0.4 is 9.21 Å². The number of rotatable bonds is 5. The molecule has 0 fully saturated rings. The van der Waals surface area contributed by atoms with Crippen LogP contribution in [-0.2, 0) is 17.1 Å². The maximum atomic E-state index is 13.3. The first-order valence-corrected chi connectivity index (χ1v) is 10.8. The third kappa shape index (κ3) is 3.78. The number of sulfonamides is 1. The van der Waals surface area contributed by atoms with E-state index >= 15 is 0 Å². The summed E-state index contributed by atoms with van der Waals surface area (Å²) in [6, 6.07) is 9.84. The number of hydrogen-bond donors (Lipinski definition) is 0. The molecule has 8 nitrogen and oxygen atoms in total. The average Bonchev–Trinajstić information content (AvgIpc) is 3.00. The van der Waals surface area contributed by atoms with Crippen molar-refractivity contribution in [1.82, 2.24) is 14.8 Å². The van der Waals surface area contributed by atoms with Crippen LogP contribution in [0.3, 0.4) is 0 Å². The van der Waals surface area contributed by atoms with Crippen molar-refractivity contribution in [2.75, 3.05) is 23.3 Å². The van der Waals surface area contributed by atoms with E-state index in [1.807, 2.05) is 6.92 Å². The molecule has 3 rings (SSSR count). The van der Waals surface area contributed by atoms with Crippen molar-refractivity contribution in [3.63, 3.8) is 0 Å². The van der Waals surface area contributed by atoms with E-state index < -0.39 is 15.9 Å². The van der Waals surface area contributed by atoms with E-state index in [2.05, 4.69) is 10.1 Å². The summed E-state index contributed by atoms with van der Waals surface area (Å²) in [5.74, 6) is -0.464. The lowest BCUT2D eigenvalue weighted by atomic mass is 10.2. The number of aryl methyl sites for hydroxylation is 3. The highest BCUT2D eigenvalue weighted by molar-refractivity contribution is 7.92. The van der Waals surface area contributed by atoms with Crippen LogP contribution in [0.25, 0.3) is 0 Å². The van der Waals surface area contributed by atoms with Crippen LogP contribution in [0.15, 0.2) is 47.5 Å². The standard InChI is InChI=1S/C20H22ClN5O3S/c1-13-8-10-15(11-9-13)30(28,29)26(5)17-14(2)23-25(4)18(17)20(27)24(3)16-7-6-12-22-19(16)21/h6-12H,1-5H3. The summed E-state index contributed by atoms with van der Waals surface area (Å²) in [6.45, 7) is 3.53. The van der Waals surface area contributed by atoms with Gasteiger partial charge < -0.3 is 4.90 Å². The summed E-state index contributed by atoms with van der Waals surface area (Å²) in [4.78, 5) is 18.8. The number of hydrogen-bond acceptors (Lipinski definition) is 5. The van der Waals surface area contributed by atoms with Crippen molar-refractivity contribution < 1.29 is 13.2 Å². The second-order valence-electron chi connectivity index (χ2n) is 6.87. The summed E-state index contributed by atoms with van der Waals surface area (Å²) >= 11 is 6.13. The van der Waals surface area contributed by atoms with Crippen LogP contribution >= 0.6 is 11.6 Å². The zero-order valence-corrected chi connectivity index (χ0v) is 18.9. The number of nitrogens with zero attached hydrogens (tertiary/aromatic N) is 5. The van der Waals surface area contributed by atoms with Gasteiger partial charge in [0.2, 0.25) is 0 Å². The molecule has 0 N–H and O–H groups in total. The van der Waals surface area contributed by atoms with Crippen molar-refractivity contribution in [3.05, 3.63) is 64.7 Å². The molecule has 2 heterocycles. The Morgan fingerprint density at radius 1 is 1.10 bits per heavy atom. The summed E-state index contributed by atoms with van der Waals surface area (Å²) in [6.07, 6.45) is 1.52. The fraction of sp³-hybridized carbons (Fsp3) is 0.250. The number of anilines is 2. The Hall–Kier alpha value is -2.91. The van der Waals surface area contributed by atoms with Gasteiger partial charge in [0, 0.05) is 27.3 Å². The van der Waals surface area contributed by atoms with Crippen molar-refractivity contribution in [2.24, 2.45) is 7.05 Å².